The highest BCUT2D eigenvalue weighted by Crippen LogP contribution is 2.16. The normalized spacial score (nSPS) is 19.3. The summed E-state index contributed by atoms with van der Waals surface area (Å²) in [5, 5.41) is 7.69. The molecule has 0 aliphatic carbocycles. The first-order valence-corrected chi connectivity index (χ1v) is 7.67. The van der Waals surface area contributed by atoms with Gasteiger partial charge in [0.15, 0.2) is 0 Å². The van der Waals surface area contributed by atoms with Crippen LogP contribution in [-0.2, 0) is 25.3 Å². The maximum atomic E-state index is 11.8. The molecule has 19 heavy (non-hydrogen) atoms. The SMILES string of the molecule is NS(=O)(=O)Cc1cccc(NC(=O)[C@@H]2CCCO2)c1. The largest absolute Gasteiger partial charge is 0.368 e. The van der Waals surface area contributed by atoms with E-state index in [-0.39, 0.29) is 11.7 Å². The second-order valence-electron chi connectivity index (χ2n) is 4.50. The van der Waals surface area contributed by atoms with Crippen molar-refractivity contribution in [3.05, 3.63) is 29.8 Å². The van der Waals surface area contributed by atoms with Gasteiger partial charge >= 0.3 is 0 Å². The Hall–Kier alpha value is -1.44. The number of rotatable bonds is 4. The summed E-state index contributed by atoms with van der Waals surface area (Å²) in [5.41, 5.74) is 1.08. The van der Waals surface area contributed by atoms with Crippen molar-refractivity contribution in [2.45, 2.75) is 24.7 Å². The summed E-state index contributed by atoms with van der Waals surface area (Å²) in [5.74, 6) is -0.457. The van der Waals surface area contributed by atoms with Gasteiger partial charge in [0, 0.05) is 12.3 Å². The van der Waals surface area contributed by atoms with Crippen LogP contribution in [0.25, 0.3) is 0 Å². The minimum Gasteiger partial charge on any atom is -0.368 e. The number of nitrogens with two attached hydrogens (primary N) is 1. The summed E-state index contributed by atoms with van der Waals surface area (Å²) in [7, 11) is -3.58. The molecule has 3 N–H and O–H groups in total. The lowest BCUT2D eigenvalue weighted by Crippen LogP contribution is -2.26. The number of primary sulfonamides is 1. The molecule has 2 rings (SSSR count). The average molecular weight is 284 g/mol. The summed E-state index contributed by atoms with van der Waals surface area (Å²) in [6.07, 6.45) is 1.17. The van der Waals surface area contributed by atoms with E-state index in [9.17, 15) is 13.2 Å². The quantitative estimate of drug-likeness (QED) is 0.845. The predicted molar refractivity (Wildman–Crippen MR) is 70.9 cm³/mol. The van der Waals surface area contributed by atoms with Crippen LogP contribution in [0.2, 0.25) is 0 Å². The second-order valence-corrected chi connectivity index (χ2v) is 6.11. The fourth-order valence-corrected chi connectivity index (χ4v) is 2.62. The average Bonchev–Trinajstić information content (AvgIpc) is 2.80. The zero-order valence-corrected chi connectivity index (χ0v) is 11.2. The van der Waals surface area contributed by atoms with Crippen LogP contribution in [0.15, 0.2) is 24.3 Å². The topological polar surface area (TPSA) is 98.5 Å². The monoisotopic (exact) mass is 284 g/mol. The van der Waals surface area contributed by atoms with Crippen LogP contribution in [0.3, 0.4) is 0 Å². The highest BCUT2D eigenvalue weighted by atomic mass is 32.2. The number of ether oxygens (including phenoxy) is 1. The lowest BCUT2D eigenvalue weighted by atomic mass is 10.2. The molecular weight excluding hydrogens is 268 g/mol. The molecule has 6 nitrogen and oxygen atoms in total. The lowest BCUT2D eigenvalue weighted by molar-refractivity contribution is -0.124. The van der Waals surface area contributed by atoms with Gasteiger partial charge in [-0.3, -0.25) is 4.79 Å². The molecule has 0 radical (unpaired) electrons. The Bertz CT molecular complexity index is 565. The fraction of sp³-hybridized carbons (Fsp3) is 0.417. The number of hydrogen-bond donors (Lipinski definition) is 2. The summed E-state index contributed by atoms with van der Waals surface area (Å²) < 4.78 is 27.3. The third-order valence-corrected chi connectivity index (χ3v) is 3.52. The molecular formula is C12H16N2O4S. The van der Waals surface area contributed by atoms with Crippen LogP contribution in [-0.4, -0.2) is 27.0 Å². The molecule has 104 valence electrons. The van der Waals surface area contributed by atoms with E-state index in [0.717, 1.165) is 6.42 Å². The van der Waals surface area contributed by atoms with Crippen LogP contribution < -0.4 is 10.5 Å². The number of amides is 1. The minimum absolute atomic E-state index is 0.203. The molecule has 0 saturated carbocycles. The highest BCUT2D eigenvalue weighted by Gasteiger charge is 2.23. The summed E-state index contributed by atoms with van der Waals surface area (Å²) in [6, 6.07) is 6.61. The van der Waals surface area contributed by atoms with Gasteiger partial charge in [0.05, 0.1) is 5.75 Å². The van der Waals surface area contributed by atoms with Gasteiger partial charge in [-0.1, -0.05) is 12.1 Å². The molecule has 1 amide bonds. The summed E-state index contributed by atoms with van der Waals surface area (Å²) >= 11 is 0. The van der Waals surface area contributed by atoms with E-state index in [4.69, 9.17) is 9.88 Å². The number of hydrogen-bond acceptors (Lipinski definition) is 4. The van der Waals surface area contributed by atoms with E-state index in [1.165, 1.54) is 0 Å². The van der Waals surface area contributed by atoms with E-state index < -0.39 is 16.1 Å². The van der Waals surface area contributed by atoms with Crippen molar-refractivity contribution in [1.29, 1.82) is 0 Å². The Morgan fingerprint density at radius 2 is 2.26 bits per heavy atom. The Balaban J connectivity index is 2.04. The molecule has 1 aliphatic heterocycles. The van der Waals surface area contributed by atoms with Crippen LogP contribution >= 0.6 is 0 Å². The Kier molecular flexibility index (Phi) is 4.18. The number of benzene rings is 1. The van der Waals surface area contributed by atoms with Crippen LogP contribution in [0, 0.1) is 0 Å². The minimum atomic E-state index is -3.58. The fourth-order valence-electron chi connectivity index (χ4n) is 1.98. The molecule has 1 aliphatic rings. The number of carbonyl (C=O) groups is 1. The molecule has 0 aromatic heterocycles. The zero-order valence-electron chi connectivity index (χ0n) is 10.3. The smallest absolute Gasteiger partial charge is 0.253 e. The van der Waals surface area contributed by atoms with Gasteiger partial charge in [-0.05, 0) is 30.5 Å². The second kappa shape index (κ2) is 5.68. The molecule has 1 saturated heterocycles. The van der Waals surface area contributed by atoms with Crippen molar-refractivity contribution >= 4 is 21.6 Å². The molecule has 1 aromatic rings. The van der Waals surface area contributed by atoms with Gasteiger partial charge in [-0.15, -0.1) is 0 Å². The number of carbonyl (C=O) groups excluding carboxylic acids is 1. The molecule has 0 bridgehead atoms. The third-order valence-electron chi connectivity index (χ3n) is 2.78. The standard InChI is InChI=1S/C12H16N2O4S/c13-19(16,17)8-9-3-1-4-10(7-9)14-12(15)11-5-2-6-18-11/h1,3-4,7,11H,2,5-6,8H2,(H,14,15)(H2,13,16,17)/t11-/m0/s1. The molecule has 1 aromatic carbocycles. The van der Waals surface area contributed by atoms with E-state index in [0.29, 0.717) is 24.3 Å². The molecule has 1 fully saturated rings. The number of nitrogens with one attached hydrogen (secondary N) is 1. The van der Waals surface area contributed by atoms with Gasteiger partial charge in [0.25, 0.3) is 5.91 Å². The Morgan fingerprint density at radius 1 is 1.47 bits per heavy atom. The first kappa shape index (κ1) is 14.0. The summed E-state index contributed by atoms with van der Waals surface area (Å²) in [6.45, 7) is 0.601. The van der Waals surface area contributed by atoms with Crippen molar-refractivity contribution in [1.82, 2.24) is 0 Å². The van der Waals surface area contributed by atoms with Gasteiger partial charge < -0.3 is 10.1 Å². The van der Waals surface area contributed by atoms with E-state index in [1.54, 1.807) is 24.3 Å². The summed E-state index contributed by atoms with van der Waals surface area (Å²) in [4.78, 5) is 11.8. The van der Waals surface area contributed by atoms with Crippen LogP contribution in [0.5, 0.6) is 0 Å². The van der Waals surface area contributed by atoms with Gasteiger partial charge in [0.2, 0.25) is 10.0 Å². The van der Waals surface area contributed by atoms with Gasteiger partial charge in [0.1, 0.15) is 6.10 Å². The maximum Gasteiger partial charge on any atom is 0.253 e. The van der Waals surface area contributed by atoms with Crippen LogP contribution in [0.1, 0.15) is 18.4 Å². The Morgan fingerprint density at radius 3 is 2.89 bits per heavy atom. The van der Waals surface area contributed by atoms with Crippen molar-refractivity contribution in [3.63, 3.8) is 0 Å². The van der Waals surface area contributed by atoms with E-state index in [1.807, 2.05) is 0 Å². The molecule has 0 unspecified atom stereocenters. The van der Waals surface area contributed by atoms with Crippen molar-refractivity contribution in [2.75, 3.05) is 11.9 Å². The van der Waals surface area contributed by atoms with Crippen molar-refractivity contribution in [3.8, 4) is 0 Å². The van der Waals surface area contributed by atoms with Crippen molar-refractivity contribution in [2.24, 2.45) is 5.14 Å². The zero-order chi connectivity index (χ0) is 13.9. The van der Waals surface area contributed by atoms with Gasteiger partial charge in [-0.2, -0.15) is 0 Å². The van der Waals surface area contributed by atoms with Crippen molar-refractivity contribution < 1.29 is 17.9 Å². The molecule has 1 atom stereocenters. The molecule has 7 heteroatoms. The van der Waals surface area contributed by atoms with Crippen LogP contribution in [0.4, 0.5) is 5.69 Å². The third kappa shape index (κ3) is 4.30. The van der Waals surface area contributed by atoms with E-state index in [2.05, 4.69) is 5.32 Å². The predicted octanol–water partition coefficient (Wildman–Crippen LogP) is 0.593. The highest BCUT2D eigenvalue weighted by molar-refractivity contribution is 7.88. The molecule has 1 heterocycles. The number of sulfonamides is 1. The first-order chi connectivity index (χ1) is 8.94. The Labute approximate surface area is 112 Å². The maximum absolute atomic E-state index is 11.8. The van der Waals surface area contributed by atoms with E-state index >= 15 is 0 Å². The lowest BCUT2D eigenvalue weighted by Gasteiger charge is -2.11. The first-order valence-electron chi connectivity index (χ1n) is 5.96. The molecule has 0 spiro atoms. The van der Waals surface area contributed by atoms with Gasteiger partial charge in [-0.25, -0.2) is 13.6 Å². The number of anilines is 1.